The number of rotatable bonds is 5. The summed E-state index contributed by atoms with van der Waals surface area (Å²) >= 11 is 0. The Morgan fingerprint density at radius 3 is 2.50 bits per heavy atom. The molecule has 0 aliphatic rings. The summed E-state index contributed by atoms with van der Waals surface area (Å²) in [5, 5.41) is 3.47. The molecule has 1 unspecified atom stereocenters. The SMILES string of the molecule is CCNC(Cc1ccc(F)cc1)c1ncc(C)cc1C. The molecule has 0 bridgehead atoms. The molecular weight excluding hydrogens is 251 g/mol. The van der Waals surface area contributed by atoms with Crippen molar-refractivity contribution >= 4 is 0 Å². The molecule has 0 radical (unpaired) electrons. The van der Waals surface area contributed by atoms with Crippen LogP contribution in [0.15, 0.2) is 36.5 Å². The second kappa shape index (κ2) is 6.62. The Morgan fingerprint density at radius 2 is 1.90 bits per heavy atom. The molecule has 1 N–H and O–H groups in total. The smallest absolute Gasteiger partial charge is 0.123 e. The zero-order chi connectivity index (χ0) is 14.5. The summed E-state index contributed by atoms with van der Waals surface area (Å²) in [7, 11) is 0. The quantitative estimate of drug-likeness (QED) is 0.897. The standard InChI is InChI=1S/C17H21FN2/c1-4-19-16(10-14-5-7-15(18)8-6-14)17-13(3)9-12(2)11-20-17/h5-9,11,16,19H,4,10H2,1-3H3. The number of aromatic nitrogens is 1. The number of aryl methyl sites for hydroxylation is 2. The molecular formula is C17H21FN2. The summed E-state index contributed by atoms with van der Waals surface area (Å²) in [6, 6.07) is 9.00. The first-order chi connectivity index (χ1) is 9.60. The number of benzene rings is 1. The van der Waals surface area contributed by atoms with E-state index >= 15 is 0 Å². The van der Waals surface area contributed by atoms with Crippen LogP contribution in [0.25, 0.3) is 0 Å². The van der Waals surface area contributed by atoms with Crippen molar-refractivity contribution in [2.24, 2.45) is 0 Å². The first-order valence-electron chi connectivity index (χ1n) is 7.01. The third-order valence-electron chi connectivity index (χ3n) is 3.39. The molecule has 0 saturated heterocycles. The average Bonchev–Trinajstić information content (AvgIpc) is 2.41. The van der Waals surface area contributed by atoms with Gasteiger partial charge in [-0.3, -0.25) is 4.98 Å². The number of halogens is 1. The van der Waals surface area contributed by atoms with Gasteiger partial charge in [0.05, 0.1) is 11.7 Å². The Hall–Kier alpha value is -1.74. The Kier molecular flexibility index (Phi) is 4.85. The Morgan fingerprint density at radius 1 is 1.20 bits per heavy atom. The fourth-order valence-corrected chi connectivity index (χ4v) is 2.46. The third-order valence-corrected chi connectivity index (χ3v) is 3.39. The van der Waals surface area contributed by atoms with Crippen molar-refractivity contribution in [3.8, 4) is 0 Å². The van der Waals surface area contributed by atoms with E-state index in [1.807, 2.05) is 25.3 Å². The van der Waals surface area contributed by atoms with E-state index in [-0.39, 0.29) is 11.9 Å². The van der Waals surface area contributed by atoms with Gasteiger partial charge in [-0.05, 0) is 55.6 Å². The lowest BCUT2D eigenvalue weighted by Gasteiger charge is -2.19. The van der Waals surface area contributed by atoms with Crippen molar-refractivity contribution in [1.82, 2.24) is 10.3 Å². The lowest BCUT2D eigenvalue weighted by Crippen LogP contribution is -2.24. The van der Waals surface area contributed by atoms with Crippen molar-refractivity contribution < 1.29 is 4.39 Å². The lowest BCUT2D eigenvalue weighted by atomic mass is 9.99. The van der Waals surface area contributed by atoms with E-state index < -0.39 is 0 Å². The molecule has 0 amide bonds. The Bertz CT molecular complexity index is 564. The Balaban J connectivity index is 2.24. The van der Waals surface area contributed by atoms with Crippen molar-refractivity contribution in [1.29, 1.82) is 0 Å². The molecule has 0 aliphatic carbocycles. The van der Waals surface area contributed by atoms with Crippen LogP contribution in [0, 0.1) is 19.7 Å². The fraction of sp³-hybridized carbons (Fsp3) is 0.353. The van der Waals surface area contributed by atoms with Crippen LogP contribution in [-0.4, -0.2) is 11.5 Å². The van der Waals surface area contributed by atoms with E-state index in [0.717, 1.165) is 24.2 Å². The highest BCUT2D eigenvalue weighted by molar-refractivity contribution is 5.28. The van der Waals surface area contributed by atoms with Crippen molar-refractivity contribution in [3.05, 3.63) is 64.7 Å². The molecule has 2 nitrogen and oxygen atoms in total. The molecule has 20 heavy (non-hydrogen) atoms. The van der Waals surface area contributed by atoms with Gasteiger partial charge in [0.2, 0.25) is 0 Å². The van der Waals surface area contributed by atoms with Crippen molar-refractivity contribution in [2.75, 3.05) is 6.54 Å². The van der Waals surface area contributed by atoms with Crippen molar-refractivity contribution in [2.45, 2.75) is 33.2 Å². The number of nitrogens with one attached hydrogen (secondary N) is 1. The minimum Gasteiger partial charge on any atom is -0.309 e. The number of pyridine rings is 1. The van der Waals surface area contributed by atoms with Crippen LogP contribution in [-0.2, 0) is 6.42 Å². The zero-order valence-corrected chi connectivity index (χ0v) is 12.3. The molecule has 1 aromatic carbocycles. The Labute approximate surface area is 120 Å². The maximum Gasteiger partial charge on any atom is 0.123 e. The van der Waals surface area contributed by atoms with Crippen LogP contribution in [0.3, 0.4) is 0 Å². The van der Waals surface area contributed by atoms with Crippen LogP contribution >= 0.6 is 0 Å². The van der Waals surface area contributed by atoms with Gasteiger partial charge in [-0.25, -0.2) is 4.39 Å². The summed E-state index contributed by atoms with van der Waals surface area (Å²) in [6.07, 6.45) is 2.71. The predicted octanol–water partition coefficient (Wildman–Crippen LogP) is 3.73. The predicted molar refractivity (Wildman–Crippen MR) is 80.2 cm³/mol. The number of hydrogen-bond acceptors (Lipinski definition) is 2. The highest BCUT2D eigenvalue weighted by atomic mass is 19.1. The maximum absolute atomic E-state index is 13.0. The minimum absolute atomic E-state index is 0.158. The van der Waals surface area contributed by atoms with Crippen molar-refractivity contribution in [3.63, 3.8) is 0 Å². The highest BCUT2D eigenvalue weighted by Crippen LogP contribution is 2.20. The largest absolute Gasteiger partial charge is 0.309 e. The maximum atomic E-state index is 13.0. The zero-order valence-electron chi connectivity index (χ0n) is 12.3. The van der Waals surface area contributed by atoms with Gasteiger partial charge in [0.1, 0.15) is 5.82 Å². The van der Waals surface area contributed by atoms with Gasteiger partial charge in [-0.15, -0.1) is 0 Å². The van der Waals surface area contributed by atoms with Gasteiger partial charge in [0.15, 0.2) is 0 Å². The van der Waals surface area contributed by atoms with E-state index in [9.17, 15) is 4.39 Å². The van der Waals surface area contributed by atoms with Gasteiger partial charge in [0, 0.05) is 6.20 Å². The van der Waals surface area contributed by atoms with E-state index in [2.05, 4.69) is 30.2 Å². The van der Waals surface area contributed by atoms with E-state index in [4.69, 9.17) is 0 Å². The van der Waals surface area contributed by atoms with E-state index in [1.54, 1.807) is 0 Å². The molecule has 0 aliphatic heterocycles. The van der Waals surface area contributed by atoms with E-state index in [1.165, 1.54) is 23.3 Å². The molecule has 0 saturated carbocycles. The molecule has 2 rings (SSSR count). The molecule has 1 heterocycles. The lowest BCUT2D eigenvalue weighted by molar-refractivity contribution is 0.533. The van der Waals surface area contributed by atoms with Crippen LogP contribution < -0.4 is 5.32 Å². The molecule has 1 atom stereocenters. The van der Waals surface area contributed by atoms with Gasteiger partial charge in [-0.1, -0.05) is 25.1 Å². The van der Waals surface area contributed by atoms with Crippen LogP contribution in [0.4, 0.5) is 4.39 Å². The minimum atomic E-state index is -0.196. The summed E-state index contributed by atoms with van der Waals surface area (Å²) in [5.74, 6) is -0.196. The molecule has 0 fully saturated rings. The van der Waals surface area contributed by atoms with E-state index in [0.29, 0.717) is 0 Å². The normalized spacial score (nSPS) is 12.4. The van der Waals surface area contributed by atoms with Crippen LogP contribution in [0.2, 0.25) is 0 Å². The number of nitrogens with zero attached hydrogens (tertiary/aromatic N) is 1. The third kappa shape index (κ3) is 3.64. The van der Waals surface area contributed by atoms with Gasteiger partial charge < -0.3 is 5.32 Å². The molecule has 0 spiro atoms. The molecule has 1 aromatic heterocycles. The van der Waals surface area contributed by atoms with Gasteiger partial charge in [0.25, 0.3) is 0 Å². The number of likely N-dealkylation sites (N-methyl/N-ethyl adjacent to an activating group) is 1. The van der Waals surface area contributed by atoms with Gasteiger partial charge >= 0.3 is 0 Å². The highest BCUT2D eigenvalue weighted by Gasteiger charge is 2.15. The number of hydrogen-bond donors (Lipinski definition) is 1. The average molecular weight is 272 g/mol. The second-order valence-corrected chi connectivity index (χ2v) is 5.16. The summed E-state index contributed by atoms with van der Waals surface area (Å²) < 4.78 is 13.0. The fourth-order valence-electron chi connectivity index (χ4n) is 2.46. The second-order valence-electron chi connectivity index (χ2n) is 5.16. The van der Waals surface area contributed by atoms with Crippen LogP contribution in [0.5, 0.6) is 0 Å². The van der Waals surface area contributed by atoms with Crippen LogP contribution in [0.1, 0.15) is 35.3 Å². The monoisotopic (exact) mass is 272 g/mol. The topological polar surface area (TPSA) is 24.9 Å². The summed E-state index contributed by atoms with van der Waals surface area (Å²) in [6.45, 7) is 7.10. The molecule has 2 aromatic rings. The van der Waals surface area contributed by atoms with Gasteiger partial charge in [-0.2, -0.15) is 0 Å². The summed E-state index contributed by atoms with van der Waals surface area (Å²) in [4.78, 5) is 4.57. The first-order valence-corrected chi connectivity index (χ1v) is 7.01. The molecule has 106 valence electrons. The first kappa shape index (κ1) is 14.7. The summed E-state index contributed by atoms with van der Waals surface area (Å²) in [5.41, 5.74) is 4.54. The molecule has 3 heteroatoms.